The van der Waals surface area contributed by atoms with Crippen LogP contribution in [0, 0.1) is 11.6 Å². The lowest BCUT2D eigenvalue weighted by atomic mass is 10.2. The van der Waals surface area contributed by atoms with Crippen LogP contribution in [0.1, 0.15) is 5.56 Å². The number of hydrogen-bond acceptors (Lipinski definition) is 3. The summed E-state index contributed by atoms with van der Waals surface area (Å²) in [7, 11) is 1.22. The zero-order chi connectivity index (χ0) is 16.4. The second-order valence-corrected chi connectivity index (χ2v) is 5.94. The van der Waals surface area contributed by atoms with Gasteiger partial charge in [0.05, 0.1) is 12.6 Å². The summed E-state index contributed by atoms with van der Waals surface area (Å²) in [5.41, 5.74) is 1.03. The Morgan fingerprint density at radius 1 is 1.13 bits per heavy atom. The van der Waals surface area contributed by atoms with Crippen molar-refractivity contribution in [1.29, 1.82) is 0 Å². The molecule has 0 unspecified atom stereocenters. The van der Waals surface area contributed by atoms with E-state index in [4.69, 9.17) is 0 Å². The first-order valence-corrected chi connectivity index (χ1v) is 7.84. The normalized spacial score (nSPS) is 10.9. The Morgan fingerprint density at radius 2 is 1.87 bits per heavy atom. The molecule has 0 radical (unpaired) electrons. The van der Waals surface area contributed by atoms with Gasteiger partial charge in [0.1, 0.15) is 0 Å². The van der Waals surface area contributed by atoms with Crippen LogP contribution in [0.2, 0.25) is 0 Å². The number of H-pyrrole nitrogens is 1. The van der Waals surface area contributed by atoms with E-state index >= 15 is 0 Å². The van der Waals surface area contributed by atoms with Gasteiger partial charge in [-0.2, -0.15) is 0 Å². The molecule has 3 rings (SSSR count). The third kappa shape index (κ3) is 3.22. The van der Waals surface area contributed by atoms with E-state index in [9.17, 15) is 13.6 Å². The van der Waals surface area contributed by atoms with Gasteiger partial charge in [-0.05, 0) is 35.2 Å². The molecule has 3 aromatic rings. The molecule has 0 fully saturated rings. The van der Waals surface area contributed by atoms with Crippen LogP contribution in [0.4, 0.5) is 8.78 Å². The maximum Gasteiger partial charge on any atom is 0.248 e. The number of fused-ring (bicyclic) bond motifs is 1. The number of nitrogens with one attached hydrogen (secondary N) is 1. The predicted molar refractivity (Wildman–Crippen MR) is 87.0 cm³/mol. The van der Waals surface area contributed by atoms with Crippen LogP contribution in [0.5, 0.6) is 5.75 Å². The fourth-order valence-corrected chi connectivity index (χ4v) is 3.30. The number of methoxy groups -OCH3 is 1. The Labute approximate surface area is 135 Å². The number of aromatic amines is 1. The summed E-state index contributed by atoms with van der Waals surface area (Å²) in [4.78, 5) is 15.1. The van der Waals surface area contributed by atoms with Crippen molar-refractivity contribution in [2.45, 2.75) is 10.6 Å². The predicted octanol–water partition coefficient (Wildman–Crippen LogP) is 4.11. The maximum atomic E-state index is 13.7. The van der Waals surface area contributed by atoms with Crippen molar-refractivity contribution >= 4 is 22.7 Å². The number of rotatable bonds is 4. The smallest absolute Gasteiger partial charge is 0.248 e. The first-order valence-electron chi connectivity index (χ1n) is 6.85. The van der Waals surface area contributed by atoms with Gasteiger partial charge in [0, 0.05) is 16.7 Å². The molecule has 1 N–H and O–H groups in total. The van der Waals surface area contributed by atoms with Gasteiger partial charge in [-0.25, -0.2) is 8.78 Å². The lowest BCUT2D eigenvalue weighted by Crippen LogP contribution is -2.03. The Morgan fingerprint density at radius 3 is 2.57 bits per heavy atom. The second-order valence-electron chi connectivity index (χ2n) is 4.92. The summed E-state index contributed by atoms with van der Waals surface area (Å²) < 4.78 is 32.1. The third-order valence-electron chi connectivity index (χ3n) is 3.38. The molecule has 23 heavy (non-hydrogen) atoms. The minimum absolute atomic E-state index is 0.188. The molecule has 1 heterocycles. The molecule has 0 atom stereocenters. The molecule has 0 aliphatic heterocycles. The van der Waals surface area contributed by atoms with Crippen LogP contribution in [0.25, 0.3) is 10.9 Å². The minimum Gasteiger partial charge on any atom is -0.491 e. The van der Waals surface area contributed by atoms with Crippen LogP contribution in [-0.2, 0) is 5.75 Å². The summed E-state index contributed by atoms with van der Waals surface area (Å²) in [6.45, 7) is 0. The van der Waals surface area contributed by atoms with E-state index in [1.807, 2.05) is 18.2 Å². The van der Waals surface area contributed by atoms with Gasteiger partial charge in [-0.15, -0.1) is 11.8 Å². The molecule has 0 spiro atoms. The Hall–Kier alpha value is -2.34. The average molecular weight is 333 g/mol. The Kier molecular flexibility index (Phi) is 4.34. The van der Waals surface area contributed by atoms with Crippen LogP contribution in [0.3, 0.4) is 0 Å². The lowest BCUT2D eigenvalue weighted by Gasteiger charge is -2.08. The number of para-hydroxylation sites is 1. The molecule has 0 saturated heterocycles. The molecule has 0 aliphatic carbocycles. The van der Waals surface area contributed by atoms with E-state index in [-0.39, 0.29) is 11.3 Å². The second kappa shape index (κ2) is 6.42. The van der Waals surface area contributed by atoms with Crippen molar-refractivity contribution < 1.29 is 13.5 Å². The van der Waals surface area contributed by atoms with E-state index in [2.05, 4.69) is 9.72 Å². The first-order chi connectivity index (χ1) is 11.1. The van der Waals surface area contributed by atoms with Crippen molar-refractivity contribution in [2.24, 2.45) is 0 Å². The highest BCUT2D eigenvalue weighted by molar-refractivity contribution is 7.98. The topological polar surface area (TPSA) is 42.1 Å². The monoisotopic (exact) mass is 333 g/mol. The van der Waals surface area contributed by atoms with E-state index < -0.39 is 11.6 Å². The standard InChI is InChI=1S/C17H13F2NO2S/c1-22-17-12(18)7-10(8-13(17)19)9-23-14-4-2-3-11-5-6-15(21)20-16(11)14/h2-8H,9H2,1H3,(H,20,21). The minimum atomic E-state index is -0.727. The highest BCUT2D eigenvalue weighted by Crippen LogP contribution is 2.30. The largest absolute Gasteiger partial charge is 0.491 e. The van der Waals surface area contributed by atoms with E-state index in [1.54, 1.807) is 6.07 Å². The van der Waals surface area contributed by atoms with E-state index in [0.29, 0.717) is 11.3 Å². The first kappa shape index (κ1) is 15.6. The molecular weight excluding hydrogens is 320 g/mol. The highest BCUT2D eigenvalue weighted by atomic mass is 32.2. The van der Waals surface area contributed by atoms with Crippen LogP contribution < -0.4 is 10.3 Å². The fourth-order valence-electron chi connectivity index (χ4n) is 2.32. The zero-order valence-corrected chi connectivity index (χ0v) is 13.0. The quantitative estimate of drug-likeness (QED) is 0.731. The van der Waals surface area contributed by atoms with Gasteiger partial charge in [0.25, 0.3) is 0 Å². The van der Waals surface area contributed by atoms with Crippen molar-refractivity contribution in [3.63, 3.8) is 0 Å². The Bertz CT molecular complexity index is 901. The summed E-state index contributed by atoms with van der Waals surface area (Å²) in [6, 6.07) is 11.3. The van der Waals surface area contributed by atoms with Crippen LogP contribution in [-0.4, -0.2) is 12.1 Å². The van der Waals surface area contributed by atoms with E-state index in [0.717, 1.165) is 15.8 Å². The summed E-state index contributed by atoms with van der Waals surface area (Å²) in [6.07, 6.45) is 0. The summed E-state index contributed by atoms with van der Waals surface area (Å²) in [5, 5.41) is 0.904. The Balaban J connectivity index is 1.89. The molecule has 2 aromatic carbocycles. The number of halogens is 2. The third-order valence-corrected chi connectivity index (χ3v) is 4.51. The molecule has 0 amide bonds. The van der Waals surface area contributed by atoms with Gasteiger partial charge in [0.2, 0.25) is 5.56 Å². The van der Waals surface area contributed by atoms with Gasteiger partial charge in [-0.1, -0.05) is 12.1 Å². The molecule has 6 heteroatoms. The zero-order valence-electron chi connectivity index (χ0n) is 12.2. The number of thioether (sulfide) groups is 1. The fraction of sp³-hybridized carbons (Fsp3) is 0.118. The molecule has 118 valence electrons. The van der Waals surface area contributed by atoms with Gasteiger partial charge >= 0.3 is 0 Å². The van der Waals surface area contributed by atoms with Crippen molar-refractivity contribution in [3.8, 4) is 5.75 Å². The number of hydrogen-bond donors (Lipinski definition) is 1. The molecule has 0 saturated carbocycles. The molecule has 0 aliphatic rings. The highest BCUT2D eigenvalue weighted by Gasteiger charge is 2.12. The number of ether oxygens (including phenoxy) is 1. The summed E-state index contributed by atoms with van der Waals surface area (Å²) in [5.74, 6) is -1.47. The number of aromatic nitrogens is 1. The number of benzene rings is 2. The molecule has 3 nitrogen and oxygen atoms in total. The van der Waals surface area contributed by atoms with Gasteiger partial charge in [-0.3, -0.25) is 4.79 Å². The van der Waals surface area contributed by atoms with Gasteiger partial charge < -0.3 is 9.72 Å². The molecule has 1 aromatic heterocycles. The van der Waals surface area contributed by atoms with E-state index in [1.165, 1.54) is 37.1 Å². The summed E-state index contributed by atoms with van der Waals surface area (Å²) >= 11 is 1.40. The maximum absolute atomic E-state index is 13.7. The SMILES string of the molecule is COc1c(F)cc(CSc2cccc3ccc(=O)[nH]c23)cc1F. The lowest BCUT2D eigenvalue weighted by molar-refractivity contribution is 0.359. The van der Waals surface area contributed by atoms with Crippen molar-refractivity contribution in [1.82, 2.24) is 4.98 Å². The van der Waals surface area contributed by atoms with Crippen molar-refractivity contribution in [2.75, 3.05) is 7.11 Å². The molecular formula is C17H13F2NO2S. The van der Waals surface area contributed by atoms with Crippen molar-refractivity contribution in [3.05, 3.63) is 70.0 Å². The van der Waals surface area contributed by atoms with Gasteiger partial charge in [0.15, 0.2) is 17.4 Å². The molecule has 0 bridgehead atoms. The number of pyridine rings is 1. The van der Waals surface area contributed by atoms with Crippen LogP contribution in [0.15, 0.2) is 52.2 Å². The average Bonchev–Trinajstić information content (AvgIpc) is 2.52. The van der Waals surface area contributed by atoms with Crippen LogP contribution >= 0.6 is 11.8 Å².